The van der Waals surface area contributed by atoms with Crippen molar-refractivity contribution in [1.82, 2.24) is 0 Å². The molecule has 0 aromatic carbocycles. The molecule has 0 bridgehead atoms. The molecule has 1 aliphatic carbocycles. The highest BCUT2D eigenvalue weighted by Crippen LogP contribution is 2.23. The van der Waals surface area contributed by atoms with Gasteiger partial charge in [-0.25, -0.2) is 0 Å². The summed E-state index contributed by atoms with van der Waals surface area (Å²) < 4.78 is 0. The number of allylic oxidation sites excluding steroid dienone is 4. The van der Waals surface area contributed by atoms with Gasteiger partial charge in [0, 0.05) is 0 Å². The Labute approximate surface area is 63.6 Å². The summed E-state index contributed by atoms with van der Waals surface area (Å²) in [5, 5.41) is 0. The second-order valence-corrected chi connectivity index (χ2v) is 3.33. The van der Waals surface area contributed by atoms with Crippen LogP contribution >= 0.6 is 0 Å². The molecule has 0 amide bonds. The van der Waals surface area contributed by atoms with Crippen LogP contribution in [0.15, 0.2) is 23.3 Å². The van der Waals surface area contributed by atoms with Gasteiger partial charge in [-0.15, -0.1) is 0 Å². The topological polar surface area (TPSA) is 0 Å². The minimum Gasteiger partial charge on any atom is -0.0839 e. The zero-order chi connectivity index (χ0) is 7.56. The van der Waals surface area contributed by atoms with Crippen molar-refractivity contribution in [2.45, 2.75) is 33.6 Å². The number of hydrogen-bond acceptors (Lipinski definition) is 0. The average molecular weight is 136 g/mol. The highest BCUT2D eigenvalue weighted by atomic mass is 14.1. The van der Waals surface area contributed by atoms with Crippen LogP contribution in [-0.2, 0) is 0 Å². The molecular formula is C10H16. The van der Waals surface area contributed by atoms with Gasteiger partial charge in [-0.2, -0.15) is 0 Å². The van der Waals surface area contributed by atoms with Gasteiger partial charge >= 0.3 is 0 Å². The number of hydrogen-bond donors (Lipinski definition) is 0. The molecule has 0 nitrogen and oxygen atoms in total. The van der Waals surface area contributed by atoms with Crippen LogP contribution in [0.1, 0.15) is 33.6 Å². The lowest BCUT2D eigenvalue weighted by molar-refractivity contribution is 0.753. The Morgan fingerprint density at radius 3 is 2.50 bits per heavy atom. The van der Waals surface area contributed by atoms with E-state index in [2.05, 4.69) is 32.9 Å². The van der Waals surface area contributed by atoms with E-state index >= 15 is 0 Å². The zero-order valence-corrected chi connectivity index (χ0v) is 7.15. The molecule has 0 heterocycles. The van der Waals surface area contributed by atoms with Crippen molar-refractivity contribution in [3.05, 3.63) is 23.3 Å². The molecule has 0 aromatic rings. The molecule has 10 heavy (non-hydrogen) atoms. The quantitative estimate of drug-likeness (QED) is 0.518. The van der Waals surface area contributed by atoms with Crippen LogP contribution in [0.4, 0.5) is 0 Å². The molecule has 0 aliphatic heterocycles. The van der Waals surface area contributed by atoms with E-state index in [1.807, 2.05) is 0 Å². The summed E-state index contributed by atoms with van der Waals surface area (Å²) >= 11 is 0. The maximum Gasteiger partial charge on any atom is -0.0219 e. The lowest BCUT2D eigenvalue weighted by atomic mass is 9.91. The van der Waals surface area contributed by atoms with Crippen LogP contribution in [0.2, 0.25) is 0 Å². The zero-order valence-electron chi connectivity index (χ0n) is 7.15. The molecule has 0 saturated carbocycles. The van der Waals surface area contributed by atoms with Crippen molar-refractivity contribution in [2.24, 2.45) is 5.92 Å². The van der Waals surface area contributed by atoms with Crippen LogP contribution in [0.5, 0.6) is 0 Å². The third kappa shape index (κ3) is 1.50. The fourth-order valence-corrected chi connectivity index (χ4v) is 1.48. The normalized spacial score (nSPS) is 18.8. The Morgan fingerprint density at radius 2 is 2.10 bits per heavy atom. The minimum absolute atomic E-state index is 0.705. The van der Waals surface area contributed by atoms with Crippen LogP contribution in [-0.4, -0.2) is 0 Å². The van der Waals surface area contributed by atoms with Gasteiger partial charge in [-0.1, -0.05) is 31.6 Å². The van der Waals surface area contributed by atoms with Crippen molar-refractivity contribution < 1.29 is 0 Å². The molecule has 1 aliphatic rings. The SMILES string of the molecule is CC1=C(C(C)C)C=CCC1. The third-order valence-electron chi connectivity index (χ3n) is 2.10. The van der Waals surface area contributed by atoms with Gasteiger partial charge in [0.15, 0.2) is 0 Å². The van der Waals surface area contributed by atoms with E-state index in [0.29, 0.717) is 5.92 Å². The molecule has 0 atom stereocenters. The Morgan fingerprint density at radius 1 is 1.40 bits per heavy atom. The molecule has 56 valence electrons. The van der Waals surface area contributed by atoms with Crippen LogP contribution < -0.4 is 0 Å². The summed E-state index contributed by atoms with van der Waals surface area (Å²) in [6, 6.07) is 0. The Balaban J connectivity index is 2.79. The van der Waals surface area contributed by atoms with E-state index in [0.717, 1.165) is 0 Å². The average Bonchev–Trinajstić information content (AvgIpc) is 1.88. The van der Waals surface area contributed by atoms with Crippen molar-refractivity contribution in [3.8, 4) is 0 Å². The Hall–Kier alpha value is -0.520. The predicted molar refractivity (Wildman–Crippen MR) is 45.9 cm³/mol. The van der Waals surface area contributed by atoms with Crippen molar-refractivity contribution in [2.75, 3.05) is 0 Å². The fourth-order valence-electron chi connectivity index (χ4n) is 1.48. The lowest BCUT2D eigenvalue weighted by Gasteiger charge is -2.15. The van der Waals surface area contributed by atoms with E-state index in [1.54, 1.807) is 11.1 Å². The molecule has 1 rings (SSSR count). The third-order valence-corrected chi connectivity index (χ3v) is 2.10. The van der Waals surface area contributed by atoms with E-state index in [1.165, 1.54) is 12.8 Å². The molecular weight excluding hydrogens is 120 g/mol. The second kappa shape index (κ2) is 3.05. The highest BCUT2D eigenvalue weighted by molar-refractivity contribution is 5.29. The van der Waals surface area contributed by atoms with Gasteiger partial charge in [0.25, 0.3) is 0 Å². The maximum absolute atomic E-state index is 2.28. The summed E-state index contributed by atoms with van der Waals surface area (Å²) in [7, 11) is 0. The smallest absolute Gasteiger partial charge is 0.0219 e. The summed E-state index contributed by atoms with van der Waals surface area (Å²) in [6.07, 6.45) is 7.07. The first-order chi connectivity index (χ1) is 4.72. The minimum atomic E-state index is 0.705. The lowest BCUT2D eigenvalue weighted by Crippen LogP contribution is -1.98. The van der Waals surface area contributed by atoms with Crippen molar-refractivity contribution >= 4 is 0 Å². The van der Waals surface area contributed by atoms with Crippen molar-refractivity contribution in [3.63, 3.8) is 0 Å². The van der Waals surface area contributed by atoms with Crippen molar-refractivity contribution in [1.29, 1.82) is 0 Å². The Kier molecular flexibility index (Phi) is 2.31. The van der Waals surface area contributed by atoms with E-state index < -0.39 is 0 Å². The van der Waals surface area contributed by atoms with Gasteiger partial charge in [0.05, 0.1) is 0 Å². The summed E-state index contributed by atoms with van der Waals surface area (Å²) in [5.74, 6) is 0.705. The first-order valence-corrected chi connectivity index (χ1v) is 4.08. The van der Waals surface area contributed by atoms with Gasteiger partial charge in [0.2, 0.25) is 0 Å². The molecule has 0 fully saturated rings. The molecule has 0 heteroatoms. The summed E-state index contributed by atoms with van der Waals surface area (Å²) in [4.78, 5) is 0. The molecule has 0 unspecified atom stereocenters. The number of rotatable bonds is 1. The highest BCUT2D eigenvalue weighted by Gasteiger charge is 2.06. The van der Waals surface area contributed by atoms with E-state index in [9.17, 15) is 0 Å². The second-order valence-electron chi connectivity index (χ2n) is 3.33. The fraction of sp³-hybridized carbons (Fsp3) is 0.600. The maximum atomic E-state index is 2.28. The molecule has 0 spiro atoms. The molecule has 0 aromatic heterocycles. The monoisotopic (exact) mass is 136 g/mol. The van der Waals surface area contributed by atoms with Crippen LogP contribution in [0.25, 0.3) is 0 Å². The molecule has 0 N–H and O–H groups in total. The Bertz CT molecular complexity index is 170. The first kappa shape index (κ1) is 7.59. The van der Waals surface area contributed by atoms with Gasteiger partial charge in [-0.05, 0) is 31.3 Å². The standard InChI is InChI=1S/C10H16/c1-8(2)10-7-5-4-6-9(10)3/h5,7-8H,4,6H2,1-3H3. The molecule has 0 saturated heterocycles. The summed E-state index contributed by atoms with van der Waals surface area (Å²) in [5.41, 5.74) is 3.13. The summed E-state index contributed by atoms with van der Waals surface area (Å²) in [6.45, 7) is 6.77. The van der Waals surface area contributed by atoms with Gasteiger partial charge < -0.3 is 0 Å². The van der Waals surface area contributed by atoms with Gasteiger partial charge in [-0.3, -0.25) is 0 Å². The van der Waals surface area contributed by atoms with Crippen LogP contribution in [0.3, 0.4) is 0 Å². The van der Waals surface area contributed by atoms with Gasteiger partial charge in [0.1, 0.15) is 0 Å². The largest absolute Gasteiger partial charge is 0.0839 e. The van der Waals surface area contributed by atoms with E-state index in [-0.39, 0.29) is 0 Å². The predicted octanol–water partition coefficient (Wildman–Crippen LogP) is 3.31. The molecule has 0 radical (unpaired) electrons. The first-order valence-electron chi connectivity index (χ1n) is 4.08. The van der Waals surface area contributed by atoms with E-state index in [4.69, 9.17) is 0 Å². The van der Waals surface area contributed by atoms with Crippen LogP contribution in [0, 0.1) is 5.92 Å².